The highest BCUT2D eigenvalue weighted by atomic mass is 19.1. The van der Waals surface area contributed by atoms with Crippen LogP contribution in [0.2, 0.25) is 0 Å². The van der Waals surface area contributed by atoms with Crippen LogP contribution in [0.1, 0.15) is 0 Å². The van der Waals surface area contributed by atoms with E-state index in [0.717, 1.165) is 0 Å². The van der Waals surface area contributed by atoms with Gasteiger partial charge in [-0.2, -0.15) is 0 Å². The van der Waals surface area contributed by atoms with E-state index >= 15 is 0 Å². The lowest BCUT2D eigenvalue weighted by Crippen LogP contribution is -2.36. The summed E-state index contributed by atoms with van der Waals surface area (Å²) in [6.45, 7) is 7.74. The minimum atomic E-state index is -0.445. The minimum absolute atomic E-state index is 0.251. The van der Waals surface area contributed by atoms with Crippen LogP contribution in [-0.2, 0) is 9.47 Å². The lowest BCUT2D eigenvalue weighted by Gasteiger charge is -2.29. The van der Waals surface area contributed by atoms with E-state index in [1.165, 1.54) is 11.0 Å². The smallest absolute Gasteiger partial charge is 0.414 e. The summed E-state index contributed by atoms with van der Waals surface area (Å²) in [5.74, 6) is -0.338. The highest BCUT2D eigenvalue weighted by Crippen LogP contribution is 2.28. The van der Waals surface area contributed by atoms with Crippen molar-refractivity contribution < 1.29 is 18.7 Å². The van der Waals surface area contributed by atoms with Crippen LogP contribution >= 0.6 is 0 Å². The predicted molar refractivity (Wildman–Crippen MR) is 90.1 cm³/mol. The maximum absolute atomic E-state index is 14.5. The van der Waals surface area contributed by atoms with Crippen molar-refractivity contribution in [3.8, 4) is 0 Å². The Kier molecular flexibility index (Phi) is 5.32. The summed E-state index contributed by atoms with van der Waals surface area (Å²) in [6.07, 6.45) is 1.05. The fraction of sp³-hybridized carbons (Fsp3) is 0.471. The molecule has 0 bridgehead atoms. The maximum atomic E-state index is 14.5. The molecular weight excluding hydrogens is 313 g/mol. The molecule has 0 spiro atoms. The van der Waals surface area contributed by atoms with Gasteiger partial charge in [-0.25, -0.2) is 9.18 Å². The zero-order valence-corrected chi connectivity index (χ0v) is 13.5. The van der Waals surface area contributed by atoms with Crippen molar-refractivity contribution in [1.82, 2.24) is 5.32 Å². The quantitative estimate of drug-likeness (QED) is 0.634. The topological polar surface area (TPSA) is 54.0 Å². The third kappa shape index (κ3) is 3.68. The molecule has 7 heteroatoms. The fourth-order valence-electron chi connectivity index (χ4n) is 2.91. The van der Waals surface area contributed by atoms with Gasteiger partial charge in [0.05, 0.1) is 31.1 Å². The van der Waals surface area contributed by atoms with E-state index in [-0.39, 0.29) is 11.9 Å². The zero-order valence-electron chi connectivity index (χ0n) is 13.5. The summed E-state index contributed by atoms with van der Waals surface area (Å²) < 4.78 is 25.1. The molecule has 3 rings (SSSR count). The van der Waals surface area contributed by atoms with Crippen LogP contribution in [0.4, 0.5) is 20.6 Å². The molecule has 1 aromatic carbocycles. The number of nitrogens with zero attached hydrogens (tertiary/aromatic N) is 2. The van der Waals surface area contributed by atoms with Gasteiger partial charge in [0.25, 0.3) is 0 Å². The van der Waals surface area contributed by atoms with E-state index in [1.807, 2.05) is 4.90 Å². The van der Waals surface area contributed by atoms with Crippen molar-refractivity contribution in [1.29, 1.82) is 0 Å². The average Bonchev–Trinajstić information content (AvgIpc) is 2.96. The monoisotopic (exact) mass is 335 g/mol. The Morgan fingerprint density at radius 2 is 2.17 bits per heavy atom. The number of hydrogen-bond donors (Lipinski definition) is 1. The van der Waals surface area contributed by atoms with Crippen LogP contribution in [0, 0.1) is 5.82 Å². The number of carbonyl (C=O) groups is 1. The van der Waals surface area contributed by atoms with Crippen molar-refractivity contribution in [2.75, 3.05) is 55.7 Å². The first-order valence-electron chi connectivity index (χ1n) is 8.11. The van der Waals surface area contributed by atoms with Gasteiger partial charge in [-0.3, -0.25) is 4.90 Å². The molecule has 6 nitrogen and oxygen atoms in total. The number of nitrogens with one attached hydrogen (secondary N) is 1. The van der Waals surface area contributed by atoms with E-state index in [0.29, 0.717) is 57.3 Å². The van der Waals surface area contributed by atoms with E-state index < -0.39 is 6.09 Å². The molecular formula is C17H22FN3O3. The Balaban J connectivity index is 1.67. The third-order valence-corrected chi connectivity index (χ3v) is 4.13. The number of cyclic esters (lactones) is 1. The van der Waals surface area contributed by atoms with Crippen molar-refractivity contribution in [3.63, 3.8) is 0 Å². The molecule has 24 heavy (non-hydrogen) atoms. The average molecular weight is 335 g/mol. The molecule has 0 radical (unpaired) electrons. The minimum Gasteiger partial charge on any atom is -0.443 e. The molecule has 1 aromatic rings. The Morgan fingerprint density at radius 1 is 1.38 bits per heavy atom. The van der Waals surface area contributed by atoms with Gasteiger partial charge in [0, 0.05) is 26.2 Å². The van der Waals surface area contributed by atoms with Crippen molar-refractivity contribution in [2.24, 2.45) is 0 Å². The van der Waals surface area contributed by atoms with Gasteiger partial charge in [-0.15, -0.1) is 6.58 Å². The Hall–Kier alpha value is -2.12. The molecule has 2 heterocycles. The molecule has 2 aliphatic rings. The van der Waals surface area contributed by atoms with Gasteiger partial charge >= 0.3 is 6.09 Å². The predicted octanol–water partition coefficient (Wildman–Crippen LogP) is 1.76. The normalized spacial score (nSPS) is 21.0. The molecule has 2 aliphatic heterocycles. The van der Waals surface area contributed by atoms with Crippen LogP contribution in [-0.4, -0.2) is 58.1 Å². The van der Waals surface area contributed by atoms with Gasteiger partial charge in [0.15, 0.2) is 0 Å². The number of ether oxygens (including phenoxy) is 2. The van der Waals surface area contributed by atoms with Gasteiger partial charge in [-0.05, 0) is 18.2 Å². The summed E-state index contributed by atoms with van der Waals surface area (Å²) in [7, 11) is 0. The molecule has 0 aliphatic carbocycles. The molecule has 0 unspecified atom stereocenters. The summed E-state index contributed by atoms with van der Waals surface area (Å²) in [5.41, 5.74) is 1.06. The van der Waals surface area contributed by atoms with E-state index in [2.05, 4.69) is 11.9 Å². The van der Waals surface area contributed by atoms with Crippen LogP contribution in [0.5, 0.6) is 0 Å². The lowest BCUT2D eigenvalue weighted by atomic mass is 10.2. The first kappa shape index (κ1) is 16.7. The molecule has 0 saturated carbocycles. The second-order valence-corrected chi connectivity index (χ2v) is 5.80. The Bertz CT molecular complexity index is 605. The summed E-state index contributed by atoms with van der Waals surface area (Å²) in [5, 5.41) is 3.12. The number of halogens is 1. The summed E-state index contributed by atoms with van der Waals surface area (Å²) >= 11 is 0. The molecule has 2 fully saturated rings. The number of hydrogen-bond acceptors (Lipinski definition) is 5. The van der Waals surface area contributed by atoms with Crippen molar-refractivity contribution in [2.45, 2.75) is 6.10 Å². The molecule has 1 atom stereocenters. The molecule has 2 saturated heterocycles. The summed E-state index contributed by atoms with van der Waals surface area (Å²) in [6, 6.07) is 4.87. The third-order valence-electron chi connectivity index (χ3n) is 4.13. The van der Waals surface area contributed by atoms with Crippen LogP contribution in [0.3, 0.4) is 0 Å². The van der Waals surface area contributed by atoms with Crippen LogP contribution in [0.15, 0.2) is 30.9 Å². The summed E-state index contributed by atoms with van der Waals surface area (Å²) in [4.78, 5) is 15.4. The number of carbonyl (C=O) groups excluding carboxylic acids is 1. The lowest BCUT2D eigenvalue weighted by molar-refractivity contribution is 0.122. The van der Waals surface area contributed by atoms with Crippen LogP contribution in [0.25, 0.3) is 0 Å². The van der Waals surface area contributed by atoms with Gasteiger partial charge in [-0.1, -0.05) is 6.08 Å². The molecule has 0 aromatic heterocycles. The van der Waals surface area contributed by atoms with E-state index in [9.17, 15) is 9.18 Å². The highest BCUT2D eigenvalue weighted by molar-refractivity contribution is 5.90. The van der Waals surface area contributed by atoms with E-state index in [1.54, 1.807) is 18.2 Å². The molecule has 1 N–H and O–H groups in total. The Morgan fingerprint density at radius 3 is 2.88 bits per heavy atom. The van der Waals surface area contributed by atoms with Gasteiger partial charge in [0.2, 0.25) is 0 Å². The SMILES string of the molecule is C=CCNC[C@H]1CN(c2ccc(N3CCOCC3)c(F)c2)C(=O)O1. The maximum Gasteiger partial charge on any atom is 0.414 e. The standard InChI is InChI=1S/C17H22FN3O3/c1-2-5-19-11-14-12-21(17(22)24-14)13-3-4-16(15(18)10-13)20-6-8-23-9-7-20/h2-4,10,14,19H,1,5-9,11-12H2/t14-/m0/s1. The second-order valence-electron chi connectivity index (χ2n) is 5.80. The van der Waals surface area contributed by atoms with Crippen LogP contribution < -0.4 is 15.1 Å². The number of amides is 1. The zero-order chi connectivity index (χ0) is 16.9. The van der Waals surface area contributed by atoms with Gasteiger partial charge < -0.3 is 19.7 Å². The van der Waals surface area contributed by atoms with E-state index in [4.69, 9.17) is 9.47 Å². The first-order valence-corrected chi connectivity index (χ1v) is 8.11. The highest BCUT2D eigenvalue weighted by Gasteiger charge is 2.32. The first-order chi connectivity index (χ1) is 11.7. The largest absolute Gasteiger partial charge is 0.443 e. The Labute approximate surface area is 140 Å². The molecule has 1 amide bonds. The van der Waals surface area contributed by atoms with Crippen molar-refractivity contribution in [3.05, 3.63) is 36.7 Å². The number of rotatable bonds is 6. The number of anilines is 2. The fourth-order valence-corrected chi connectivity index (χ4v) is 2.91. The van der Waals surface area contributed by atoms with Gasteiger partial charge in [0.1, 0.15) is 11.9 Å². The second kappa shape index (κ2) is 7.63. The molecule has 130 valence electrons. The number of benzene rings is 1. The van der Waals surface area contributed by atoms with Crippen molar-refractivity contribution >= 4 is 17.5 Å². The number of morpholine rings is 1.